The van der Waals surface area contributed by atoms with E-state index in [1.165, 1.54) is 6.92 Å². The monoisotopic (exact) mass is 240 g/mol. The summed E-state index contributed by atoms with van der Waals surface area (Å²) in [4.78, 5) is 23.2. The summed E-state index contributed by atoms with van der Waals surface area (Å²) in [6, 6.07) is 0. The second-order valence-corrected chi connectivity index (χ2v) is 4.18. The standard InChI is InChI=1S/C13H24N2O2/c1-5-7-8-9-10-14-15(12(4)16)13(17)11(3)6-2/h9-11,14H,5-8H2,1-4H3/b10-9-. The van der Waals surface area contributed by atoms with Gasteiger partial charge in [-0.25, -0.2) is 0 Å². The molecule has 0 aliphatic carbocycles. The minimum Gasteiger partial charge on any atom is -0.297 e. The molecule has 0 aromatic rings. The summed E-state index contributed by atoms with van der Waals surface area (Å²) in [6.07, 6.45) is 7.52. The Kier molecular flexibility index (Phi) is 8.11. The predicted octanol–water partition coefficient (Wildman–Crippen LogP) is 2.62. The molecule has 0 spiro atoms. The molecule has 98 valence electrons. The van der Waals surface area contributed by atoms with Crippen LogP contribution >= 0.6 is 0 Å². The van der Waals surface area contributed by atoms with Crippen molar-refractivity contribution in [3.05, 3.63) is 12.3 Å². The number of unbranched alkanes of at least 4 members (excludes halogenated alkanes) is 2. The number of allylic oxidation sites excluding steroid dienone is 1. The fourth-order valence-corrected chi connectivity index (χ4v) is 1.24. The van der Waals surface area contributed by atoms with Crippen LogP contribution in [0.1, 0.15) is 53.4 Å². The van der Waals surface area contributed by atoms with Crippen molar-refractivity contribution >= 4 is 11.8 Å². The van der Waals surface area contributed by atoms with E-state index >= 15 is 0 Å². The normalized spacial score (nSPS) is 12.5. The van der Waals surface area contributed by atoms with Crippen molar-refractivity contribution in [3.8, 4) is 0 Å². The summed E-state index contributed by atoms with van der Waals surface area (Å²) in [5, 5.41) is 1.08. The molecule has 0 aliphatic rings. The Labute approximate surface area is 104 Å². The number of hydrogen-bond donors (Lipinski definition) is 1. The molecule has 1 unspecified atom stereocenters. The van der Waals surface area contributed by atoms with Crippen molar-refractivity contribution in [3.63, 3.8) is 0 Å². The maximum atomic E-state index is 11.8. The van der Waals surface area contributed by atoms with E-state index in [1.807, 2.05) is 19.9 Å². The van der Waals surface area contributed by atoms with Gasteiger partial charge in [0.25, 0.3) is 5.91 Å². The van der Waals surface area contributed by atoms with E-state index in [9.17, 15) is 9.59 Å². The van der Waals surface area contributed by atoms with Gasteiger partial charge in [-0.15, -0.1) is 0 Å². The Morgan fingerprint density at radius 2 is 2.00 bits per heavy atom. The quantitative estimate of drug-likeness (QED) is 0.549. The van der Waals surface area contributed by atoms with E-state index < -0.39 is 0 Å². The molecule has 0 heterocycles. The Morgan fingerprint density at radius 1 is 1.35 bits per heavy atom. The predicted molar refractivity (Wildman–Crippen MR) is 68.8 cm³/mol. The molecule has 0 rings (SSSR count). The van der Waals surface area contributed by atoms with Gasteiger partial charge in [0.05, 0.1) is 0 Å². The molecule has 0 aromatic heterocycles. The van der Waals surface area contributed by atoms with Crippen molar-refractivity contribution in [2.75, 3.05) is 0 Å². The lowest BCUT2D eigenvalue weighted by molar-refractivity contribution is -0.148. The fraction of sp³-hybridized carbons (Fsp3) is 0.692. The van der Waals surface area contributed by atoms with Crippen LogP contribution in [-0.2, 0) is 9.59 Å². The zero-order valence-electron chi connectivity index (χ0n) is 11.3. The van der Waals surface area contributed by atoms with Crippen LogP contribution in [0.5, 0.6) is 0 Å². The van der Waals surface area contributed by atoms with Crippen molar-refractivity contribution in [2.24, 2.45) is 5.92 Å². The smallest absolute Gasteiger partial charge is 0.250 e. The van der Waals surface area contributed by atoms with Gasteiger partial charge in [0.15, 0.2) is 0 Å². The molecule has 0 aliphatic heterocycles. The van der Waals surface area contributed by atoms with Crippen LogP contribution in [0.25, 0.3) is 0 Å². The van der Waals surface area contributed by atoms with Crippen LogP contribution in [0.2, 0.25) is 0 Å². The zero-order chi connectivity index (χ0) is 13.3. The van der Waals surface area contributed by atoms with Crippen LogP contribution in [0.4, 0.5) is 0 Å². The molecule has 1 atom stereocenters. The van der Waals surface area contributed by atoms with E-state index in [4.69, 9.17) is 0 Å². The minimum absolute atomic E-state index is 0.143. The summed E-state index contributed by atoms with van der Waals surface area (Å²) in [7, 11) is 0. The van der Waals surface area contributed by atoms with Crippen LogP contribution in [-0.4, -0.2) is 16.8 Å². The van der Waals surface area contributed by atoms with E-state index in [1.54, 1.807) is 6.20 Å². The van der Waals surface area contributed by atoms with Gasteiger partial charge in [-0.1, -0.05) is 39.7 Å². The molecule has 0 saturated heterocycles. The Morgan fingerprint density at radius 3 is 2.47 bits per heavy atom. The van der Waals surface area contributed by atoms with Crippen LogP contribution < -0.4 is 5.43 Å². The van der Waals surface area contributed by atoms with Gasteiger partial charge in [-0.2, -0.15) is 5.01 Å². The lowest BCUT2D eigenvalue weighted by atomic mass is 10.1. The number of rotatable bonds is 7. The molecule has 0 radical (unpaired) electrons. The first-order valence-electron chi connectivity index (χ1n) is 6.30. The number of hydrogen-bond acceptors (Lipinski definition) is 3. The van der Waals surface area contributed by atoms with E-state index in [-0.39, 0.29) is 17.7 Å². The van der Waals surface area contributed by atoms with Gasteiger partial charge in [0, 0.05) is 19.0 Å². The number of imide groups is 1. The number of nitrogens with zero attached hydrogens (tertiary/aromatic N) is 1. The van der Waals surface area contributed by atoms with Gasteiger partial charge >= 0.3 is 0 Å². The first kappa shape index (κ1) is 15.7. The van der Waals surface area contributed by atoms with Gasteiger partial charge in [0.1, 0.15) is 0 Å². The number of carbonyl (C=O) groups excluding carboxylic acids is 2. The lowest BCUT2D eigenvalue weighted by Gasteiger charge is -2.21. The zero-order valence-corrected chi connectivity index (χ0v) is 11.3. The van der Waals surface area contributed by atoms with Gasteiger partial charge in [0.2, 0.25) is 5.91 Å². The van der Waals surface area contributed by atoms with Crippen molar-refractivity contribution < 1.29 is 9.59 Å². The Balaban J connectivity index is 4.30. The average molecular weight is 240 g/mol. The third-order valence-corrected chi connectivity index (χ3v) is 2.62. The summed E-state index contributed by atoms with van der Waals surface area (Å²) in [5.74, 6) is -0.606. The van der Waals surface area contributed by atoms with E-state index in [0.29, 0.717) is 0 Å². The largest absolute Gasteiger partial charge is 0.297 e. The highest BCUT2D eigenvalue weighted by molar-refractivity contribution is 5.94. The first-order valence-corrected chi connectivity index (χ1v) is 6.30. The van der Waals surface area contributed by atoms with Crippen molar-refractivity contribution in [1.29, 1.82) is 0 Å². The lowest BCUT2D eigenvalue weighted by Crippen LogP contribution is -2.45. The highest BCUT2D eigenvalue weighted by atomic mass is 16.2. The Hall–Kier alpha value is -1.32. The van der Waals surface area contributed by atoms with Crippen molar-refractivity contribution in [2.45, 2.75) is 53.4 Å². The molecule has 0 fully saturated rings. The fourth-order valence-electron chi connectivity index (χ4n) is 1.24. The molecule has 0 aromatic carbocycles. The summed E-state index contributed by atoms with van der Waals surface area (Å²) >= 11 is 0. The topological polar surface area (TPSA) is 49.4 Å². The SMILES string of the molecule is CCCC/C=C\NN(C(C)=O)C(=O)C(C)CC. The minimum atomic E-state index is -0.282. The number of carbonyl (C=O) groups is 2. The summed E-state index contributed by atoms with van der Waals surface area (Å²) in [5.41, 5.74) is 2.75. The highest BCUT2D eigenvalue weighted by Gasteiger charge is 2.21. The van der Waals surface area contributed by atoms with Crippen molar-refractivity contribution in [1.82, 2.24) is 10.4 Å². The number of nitrogens with one attached hydrogen (secondary N) is 1. The highest BCUT2D eigenvalue weighted by Crippen LogP contribution is 2.05. The maximum Gasteiger partial charge on any atom is 0.250 e. The summed E-state index contributed by atoms with van der Waals surface area (Å²) < 4.78 is 0. The third-order valence-electron chi connectivity index (χ3n) is 2.62. The van der Waals surface area contributed by atoms with E-state index in [0.717, 1.165) is 30.7 Å². The molecular weight excluding hydrogens is 216 g/mol. The molecule has 4 nitrogen and oxygen atoms in total. The van der Waals surface area contributed by atoms with Crippen LogP contribution in [0, 0.1) is 5.92 Å². The number of amides is 2. The maximum absolute atomic E-state index is 11.8. The molecule has 1 N–H and O–H groups in total. The molecule has 2 amide bonds. The molecular formula is C13H24N2O2. The third kappa shape index (κ3) is 6.09. The van der Waals surface area contributed by atoms with Gasteiger partial charge in [-0.05, 0) is 12.8 Å². The molecule has 0 bridgehead atoms. The Bertz CT molecular complexity index is 275. The van der Waals surface area contributed by atoms with Crippen LogP contribution in [0.3, 0.4) is 0 Å². The number of hydrazine groups is 1. The average Bonchev–Trinajstić information content (AvgIpc) is 2.31. The van der Waals surface area contributed by atoms with Gasteiger partial charge < -0.3 is 0 Å². The second kappa shape index (κ2) is 8.79. The summed E-state index contributed by atoms with van der Waals surface area (Å²) in [6.45, 7) is 7.25. The molecule has 4 heteroatoms. The first-order chi connectivity index (χ1) is 8.04. The molecule has 17 heavy (non-hydrogen) atoms. The van der Waals surface area contributed by atoms with Crippen LogP contribution in [0.15, 0.2) is 12.3 Å². The molecule has 0 saturated carbocycles. The van der Waals surface area contributed by atoms with E-state index in [2.05, 4.69) is 12.3 Å². The second-order valence-electron chi connectivity index (χ2n) is 4.18. The van der Waals surface area contributed by atoms with Gasteiger partial charge in [-0.3, -0.25) is 15.0 Å².